The van der Waals surface area contributed by atoms with Crippen LogP contribution in [0.4, 0.5) is 5.69 Å². The van der Waals surface area contributed by atoms with Crippen molar-refractivity contribution in [3.63, 3.8) is 0 Å². The molecule has 3 heteroatoms. The summed E-state index contributed by atoms with van der Waals surface area (Å²) in [7, 11) is 0. The second-order valence-electron chi connectivity index (χ2n) is 4.00. The molecule has 0 saturated carbocycles. The fraction of sp³-hybridized carbons (Fsp3) is 0.636. The number of nitrogens with one attached hydrogen (secondary N) is 2. The average molecular weight is 210 g/mol. The number of hydrogen-bond donors (Lipinski definition) is 2. The highest BCUT2D eigenvalue weighted by atomic mass is 32.1. The smallest absolute Gasteiger partial charge is 0.0451 e. The third-order valence-corrected chi connectivity index (χ3v) is 3.55. The van der Waals surface area contributed by atoms with Gasteiger partial charge in [-0.25, -0.2) is 0 Å². The van der Waals surface area contributed by atoms with Crippen molar-refractivity contribution in [2.24, 2.45) is 0 Å². The summed E-state index contributed by atoms with van der Waals surface area (Å²) in [6, 6.07) is 3.32. The largest absolute Gasteiger partial charge is 0.380 e. The molecule has 1 aromatic heterocycles. The second-order valence-corrected chi connectivity index (χ2v) is 4.78. The molecule has 2 heterocycles. The lowest BCUT2D eigenvalue weighted by molar-refractivity contribution is 0.372. The Morgan fingerprint density at radius 2 is 2.50 bits per heavy atom. The summed E-state index contributed by atoms with van der Waals surface area (Å²) in [5.41, 5.74) is 1.26. The van der Waals surface area contributed by atoms with Crippen molar-refractivity contribution in [1.82, 2.24) is 5.32 Å². The fourth-order valence-electron chi connectivity index (χ4n) is 2.02. The van der Waals surface area contributed by atoms with E-state index in [0.717, 1.165) is 0 Å². The quantitative estimate of drug-likeness (QED) is 0.801. The van der Waals surface area contributed by atoms with E-state index in [9.17, 15) is 0 Å². The molecule has 1 aliphatic heterocycles. The van der Waals surface area contributed by atoms with Crippen molar-refractivity contribution in [3.05, 3.63) is 16.8 Å². The second kappa shape index (κ2) is 4.80. The standard InChI is InChI=1S/C11H18N2S/c1-9(11-4-2-3-6-12-11)13-10-5-7-14-8-10/h5,7-9,11-13H,2-4,6H2,1H3. The van der Waals surface area contributed by atoms with Gasteiger partial charge in [-0.15, -0.1) is 0 Å². The Hall–Kier alpha value is -0.540. The number of anilines is 1. The van der Waals surface area contributed by atoms with E-state index in [4.69, 9.17) is 0 Å². The first-order valence-corrected chi connectivity index (χ1v) is 6.32. The highest BCUT2D eigenvalue weighted by molar-refractivity contribution is 7.08. The third kappa shape index (κ3) is 2.49. The lowest BCUT2D eigenvalue weighted by Gasteiger charge is -2.29. The predicted molar refractivity (Wildman–Crippen MR) is 63.0 cm³/mol. The van der Waals surface area contributed by atoms with Crippen LogP contribution in [0.15, 0.2) is 16.8 Å². The number of thiophene rings is 1. The maximum Gasteiger partial charge on any atom is 0.0451 e. The Morgan fingerprint density at radius 1 is 1.57 bits per heavy atom. The van der Waals surface area contributed by atoms with Gasteiger partial charge in [0.05, 0.1) is 0 Å². The van der Waals surface area contributed by atoms with Crippen LogP contribution in [0, 0.1) is 0 Å². The van der Waals surface area contributed by atoms with E-state index in [1.54, 1.807) is 11.3 Å². The van der Waals surface area contributed by atoms with Crippen molar-refractivity contribution in [2.45, 2.75) is 38.3 Å². The Balaban J connectivity index is 1.85. The van der Waals surface area contributed by atoms with E-state index in [1.165, 1.54) is 31.5 Å². The van der Waals surface area contributed by atoms with Gasteiger partial charge in [-0.05, 0) is 37.8 Å². The molecule has 2 unspecified atom stereocenters. The van der Waals surface area contributed by atoms with E-state index in [1.807, 2.05) is 0 Å². The first-order chi connectivity index (χ1) is 6.86. The topological polar surface area (TPSA) is 24.1 Å². The van der Waals surface area contributed by atoms with Gasteiger partial charge >= 0.3 is 0 Å². The maximum atomic E-state index is 3.57. The van der Waals surface area contributed by atoms with E-state index in [-0.39, 0.29) is 0 Å². The van der Waals surface area contributed by atoms with Gasteiger partial charge in [-0.1, -0.05) is 6.42 Å². The fourth-order valence-corrected chi connectivity index (χ4v) is 2.61. The molecule has 0 bridgehead atoms. The summed E-state index contributed by atoms with van der Waals surface area (Å²) < 4.78 is 0. The van der Waals surface area contributed by atoms with Gasteiger partial charge in [0.2, 0.25) is 0 Å². The minimum Gasteiger partial charge on any atom is -0.380 e. The molecule has 0 aromatic carbocycles. The average Bonchev–Trinajstić information content (AvgIpc) is 2.72. The number of rotatable bonds is 3. The van der Waals surface area contributed by atoms with E-state index >= 15 is 0 Å². The van der Waals surface area contributed by atoms with Gasteiger partial charge in [-0.2, -0.15) is 11.3 Å². The molecule has 78 valence electrons. The van der Waals surface area contributed by atoms with E-state index in [2.05, 4.69) is 34.4 Å². The van der Waals surface area contributed by atoms with Crippen LogP contribution in [0.5, 0.6) is 0 Å². The zero-order valence-electron chi connectivity index (χ0n) is 8.62. The minimum atomic E-state index is 0.532. The van der Waals surface area contributed by atoms with Gasteiger partial charge in [0, 0.05) is 23.2 Å². The number of piperidine rings is 1. The predicted octanol–water partition coefficient (Wildman–Crippen LogP) is 2.69. The lowest BCUT2D eigenvalue weighted by atomic mass is 9.99. The minimum absolute atomic E-state index is 0.532. The normalized spacial score (nSPS) is 24.5. The highest BCUT2D eigenvalue weighted by Gasteiger charge is 2.18. The monoisotopic (exact) mass is 210 g/mol. The van der Waals surface area contributed by atoms with Gasteiger partial charge in [-0.3, -0.25) is 0 Å². The van der Waals surface area contributed by atoms with Gasteiger partial charge in [0.25, 0.3) is 0 Å². The summed E-state index contributed by atoms with van der Waals surface area (Å²) in [4.78, 5) is 0. The summed E-state index contributed by atoms with van der Waals surface area (Å²) in [6.45, 7) is 3.45. The van der Waals surface area contributed by atoms with Crippen LogP contribution in [0.3, 0.4) is 0 Å². The van der Waals surface area contributed by atoms with Crippen molar-refractivity contribution in [1.29, 1.82) is 0 Å². The zero-order valence-corrected chi connectivity index (χ0v) is 9.44. The van der Waals surface area contributed by atoms with E-state index in [0.29, 0.717) is 12.1 Å². The molecule has 0 radical (unpaired) electrons. The molecule has 2 N–H and O–H groups in total. The summed E-state index contributed by atoms with van der Waals surface area (Å²) in [6.07, 6.45) is 4.01. The molecule has 0 spiro atoms. The Labute approximate surface area is 89.7 Å². The Kier molecular flexibility index (Phi) is 3.43. The van der Waals surface area contributed by atoms with Crippen LogP contribution < -0.4 is 10.6 Å². The Bertz CT molecular complexity index is 252. The van der Waals surface area contributed by atoms with E-state index < -0.39 is 0 Å². The highest BCUT2D eigenvalue weighted by Crippen LogP contribution is 2.17. The first kappa shape index (κ1) is 9.99. The molecule has 14 heavy (non-hydrogen) atoms. The van der Waals surface area contributed by atoms with Crippen LogP contribution in [0.2, 0.25) is 0 Å². The molecular weight excluding hydrogens is 192 g/mol. The van der Waals surface area contributed by atoms with Crippen LogP contribution in [-0.2, 0) is 0 Å². The first-order valence-electron chi connectivity index (χ1n) is 5.38. The van der Waals surface area contributed by atoms with Crippen LogP contribution in [0.1, 0.15) is 26.2 Å². The van der Waals surface area contributed by atoms with Crippen LogP contribution in [0.25, 0.3) is 0 Å². The molecule has 1 aliphatic rings. The molecule has 2 rings (SSSR count). The van der Waals surface area contributed by atoms with Gasteiger partial charge in [0.15, 0.2) is 0 Å². The van der Waals surface area contributed by atoms with Crippen molar-refractivity contribution in [2.75, 3.05) is 11.9 Å². The SMILES string of the molecule is CC(Nc1ccsc1)C1CCCCN1. The third-order valence-electron chi connectivity index (χ3n) is 2.87. The Morgan fingerprint density at radius 3 is 3.14 bits per heavy atom. The van der Waals surface area contributed by atoms with Crippen LogP contribution in [-0.4, -0.2) is 18.6 Å². The van der Waals surface area contributed by atoms with Crippen LogP contribution >= 0.6 is 11.3 Å². The molecule has 2 atom stereocenters. The number of hydrogen-bond acceptors (Lipinski definition) is 3. The summed E-state index contributed by atoms with van der Waals surface area (Å²) in [5.74, 6) is 0. The zero-order chi connectivity index (χ0) is 9.80. The molecule has 1 fully saturated rings. The lowest BCUT2D eigenvalue weighted by Crippen LogP contribution is -2.45. The van der Waals surface area contributed by atoms with Crippen molar-refractivity contribution >= 4 is 17.0 Å². The van der Waals surface area contributed by atoms with Gasteiger partial charge < -0.3 is 10.6 Å². The van der Waals surface area contributed by atoms with Gasteiger partial charge in [0.1, 0.15) is 0 Å². The summed E-state index contributed by atoms with van der Waals surface area (Å²) in [5, 5.41) is 11.4. The molecule has 0 aliphatic carbocycles. The summed E-state index contributed by atoms with van der Waals surface area (Å²) >= 11 is 1.75. The molecule has 1 aromatic rings. The molecule has 0 amide bonds. The molecular formula is C11H18N2S. The molecule has 1 saturated heterocycles. The van der Waals surface area contributed by atoms with Crippen molar-refractivity contribution < 1.29 is 0 Å². The maximum absolute atomic E-state index is 3.57. The molecule has 2 nitrogen and oxygen atoms in total. The van der Waals surface area contributed by atoms with Crippen molar-refractivity contribution in [3.8, 4) is 0 Å².